The zero-order valence-electron chi connectivity index (χ0n) is 17.1. The standard InChI is InChI=1S/C22H35N3O2/c1-3-5-16-26-21-9-8-20(22(18-21)27-17-6-4-2)19-25-14-12-24(13-15-25)11-7-10-23/h8-9,18H,3-7,11-17,19H2,1-2H3. The van der Waals surface area contributed by atoms with E-state index in [2.05, 4.69) is 47.9 Å². The first-order chi connectivity index (χ1) is 13.3. The summed E-state index contributed by atoms with van der Waals surface area (Å²) < 4.78 is 12.0. The molecule has 27 heavy (non-hydrogen) atoms. The molecule has 0 amide bonds. The Balaban J connectivity index is 1.94. The van der Waals surface area contributed by atoms with Crippen molar-refractivity contribution in [1.29, 1.82) is 5.26 Å². The fourth-order valence-electron chi connectivity index (χ4n) is 3.17. The highest BCUT2D eigenvalue weighted by Gasteiger charge is 2.18. The summed E-state index contributed by atoms with van der Waals surface area (Å²) in [4.78, 5) is 4.85. The van der Waals surface area contributed by atoms with Gasteiger partial charge in [0.2, 0.25) is 0 Å². The molecule has 1 saturated heterocycles. The largest absolute Gasteiger partial charge is 0.493 e. The van der Waals surface area contributed by atoms with Crippen LogP contribution in [0.1, 0.15) is 51.5 Å². The molecular formula is C22H35N3O2. The summed E-state index contributed by atoms with van der Waals surface area (Å²) in [5.41, 5.74) is 1.24. The quantitative estimate of drug-likeness (QED) is 0.517. The van der Waals surface area contributed by atoms with Crippen LogP contribution in [0.25, 0.3) is 0 Å². The number of nitrogens with zero attached hydrogens (tertiary/aromatic N) is 3. The normalized spacial score (nSPS) is 15.4. The zero-order chi connectivity index (χ0) is 19.3. The SMILES string of the molecule is CCCCOc1ccc(CN2CCN(CCC#N)CC2)c(OCCCC)c1. The van der Waals surface area contributed by atoms with E-state index in [4.69, 9.17) is 14.7 Å². The topological polar surface area (TPSA) is 48.7 Å². The van der Waals surface area contributed by atoms with Crippen molar-refractivity contribution in [3.63, 3.8) is 0 Å². The summed E-state index contributed by atoms with van der Waals surface area (Å²) in [7, 11) is 0. The Labute approximate surface area is 164 Å². The molecule has 0 unspecified atom stereocenters. The third-order valence-corrected chi connectivity index (χ3v) is 4.96. The van der Waals surface area contributed by atoms with E-state index in [9.17, 15) is 0 Å². The van der Waals surface area contributed by atoms with Gasteiger partial charge in [-0.2, -0.15) is 5.26 Å². The van der Waals surface area contributed by atoms with Crippen LogP contribution in [0.3, 0.4) is 0 Å². The van der Waals surface area contributed by atoms with Crippen LogP contribution in [0.15, 0.2) is 18.2 Å². The lowest BCUT2D eigenvalue weighted by Crippen LogP contribution is -2.46. The van der Waals surface area contributed by atoms with Crippen LogP contribution in [-0.2, 0) is 6.54 Å². The van der Waals surface area contributed by atoms with Gasteiger partial charge in [-0.25, -0.2) is 0 Å². The second-order valence-corrected chi connectivity index (χ2v) is 7.20. The predicted octanol–water partition coefficient (Wildman–Crippen LogP) is 4.08. The van der Waals surface area contributed by atoms with Crippen LogP contribution >= 0.6 is 0 Å². The molecule has 1 aromatic rings. The summed E-state index contributed by atoms with van der Waals surface area (Å²) in [6.07, 6.45) is 5.03. The Morgan fingerprint density at radius 1 is 0.963 bits per heavy atom. The van der Waals surface area contributed by atoms with E-state index in [0.717, 1.165) is 89.7 Å². The van der Waals surface area contributed by atoms with E-state index < -0.39 is 0 Å². The van der Waals surface area contributed by atoms with E-state index in [1.54, 1.807) is 0 Å². The first-order valence-corrected chi connectivity index (χ1v) is 10.5. The molecule has 2 rings (SSSR count). The fourth-order valence-corrected chi connectivity index (χ4v) is 3.17. The Bertz CT molecular complexity index is 577. The van der Waals surface area contributed by atoms with Gasteiger partial charge < -0.3 is 9.47 Å². The van der Waals surface area contributed by atoms with Gasteiger partial charge in [0, 0.05) is 57.3 Å². The highest BCUT2D eigenvalue weighted by atomic mass is 16.5. The van der Waals surface area contributed by atoms with Gasteiger partial charge in [-0.15, -0.1) is 0 Å². The first kappa shape index (κ1) is 21.5. The average Bonchev–Trinajstić information content (AvgIpc) is 2.69. The lowest BCUT2D eigenvalue weighted by atomic mass is 10.1. The number of unbranched alkanes of at least 4 members (excludes halogenated alkanes) is 2. The summed E-state index contributed by atoms with van der Waals surface area (Å²) >= 11 is 0. The van der Waals surface area contributed by atoms with Gasteiger partial charge in [0.25, 0.3) is 0 Å². The average molecular weight is 374 g/mol. The molecule has 5 heteroatoms. The van der Waals surface area contributed by atoms with Crippen molar-refractivity contribution in [2.45, 2.75) is 52.5 Å². The van der Waals surface area contributed by atoms with E-state index in [1.165, 1.54) is 5.56 Å². The van der Waals surface area contributed by atoms with E-state index >= 15 is 0 Å². The molecule has 1 fully saturated rings. The number of nitriles is 1. The highest BCUT2D eigenvalue weighted by Crippen LogP contribution is 2.27. The monoisotopic (exact) mass is 373 g/mol. The zero-order valence-corrected chi connectivity index (χ0v) is 17.1. The van der Waals surface area contributed by atoms with Crippen LogP contribution < -0.4 is 9.47 Å². The van der Waals surface area contributed by atoms with Crippen molar-refractivity contribution in [1.82, 2.24) is 9.80 Å². The van der Waals surface area contributed by atoms with E-state index in [-0.39, 0.29) is 0 Å². The van der Waals surface area contributed by atoms with Crippen molar-refractivity contribution in [2.24, 2.45) is 0 Å². The van der Waals surface area contributed by atoms with Crippen LogP contribution in [0.4, 0.5) is 0 Å². The minimum absolute atomic E-state index is 0.620. The van der Waals surface area contributed by atoms with Gasteiger partial charge in [0.15, 0.2) is 0 Å². The summed E-state index contributed by atoms with van der Waals surface area (Å²) in [6, 6.07) is 8.52. The summed E-state index contributed by atoms with van der Waals surface area (Å²) in [5.74, 6) is 1.87. The molecule has 1 aliphatic heterocycles. The summed E-state index contributed by atoms with van der Waals surface area (Å²) in [6.45, 7) is 11.8. The van der Waals surface area contributed by atoms with Crippen LogP contribution in [0.5, 0.6) is 11.5 Å². The molecule has 0 spiro atoms. The number of ether oxygens (including phenoxy) is 2. The molecule has 1 aliphatic rings. The maximum absolute atomic E-state index is 8.74. The minimum atomic E-state index is 0.620. The predicted molar refractivity (Wildman–Crippen MR) is 109 cm³/mol. The van der Waals surface area contributed by atoms with Gasteiger partial charge in [-0.05, 0) is 18.9 Å². The lowest BCUT2D eigenvalue weighted by Gasteiger charge is -2.34. The Hall–Kier alpha value is -1.77. The number of piperazine rings is 1. The van der Waals surface area contributed by atoms with Gasteiger partial charge in [0.1, 0.15) is 11.5 Å². The second kappa shape index (κ2) is 12.6. The lowest BCUT2D eigenvalue weighted by molar-refractivity contribution is 0.128. The maximum Gasteiger partial charge on any atom is 0.127 e. The molecular weight excluding hydrogens is 338 g/mol. The van der Waals surface area contributed by atoms with Crippen molar-refractivity contribution >= 4 is 0 Å². The van der Waals surface area contributed by atoms with Crippen molar-refractivity contribution in [2.75, 3.05) is 45.9 Å². The molecule has 5 nitrogen and oxygen atoms in total. The van der Waals surface area contributed by atoms with Crippen LogP contribution in [0.2, 0.25) is 0 Å². The molecule has 0 atom stereocenters. The summed E-state index contributed by atoms with van der Waals surface area (Å²) in [5, 5.41) is 8.74. The molecule has 1 aromatic carbocycles. The van der Waals surface area contributed by atoms with Gasteiger partial charge >= 0.3 is 0 Å². The fraction of sp³-hybridized carbons (Fsp3) is 0.682. The molecule has 0 aliphatic carbocycles. The highest BCUT2D eigenvalue weighted by molar-refractivity contribution is 5.40. The number of benzene rings is 1. The maximum atomic E-state index is 8.74. The number of hydrogen-bond donors (Lipinski definition) is 0. The second-order valence-electron chi connectivity index (χ2n) is 7.20. The van der Waals surface area contributed by atoms with Crippen molar-refractivity contribution < 1.29 is 9.47 Å². The third-order valence-electron chi connectivity index (χ3n) is 4.96. The number of rotatable bonds is 12. The smallest absolute Gasteiger partial charge is 0.127 e. The van der Waals surface area contributed by atoms with Crippen LogP contribution in [0, 0.1) is 11.3 Å². The van der Waals surface area contributed by atoms with Crippen molar-refractivity contribution in [3.05, 3.63) is 23.8 Å². The van der Waals surface area contributed by atoms with Crippen LogP contribution in [-0.4, -0.2) is 55.7 Å². The van der Waals surface area contributed by atoms with Crippen molar-refractivity contribution in [3.8, 4) is 17.6 Å². The van der Waals surface area contributed by atoms with Gasteiger partial charge in [0.05, 0.1) is 19.3 Å². The number of hydrogen-bond acceptors (Lipinski definition) is 5. The molecule has 0 bridgehead atoms. The Morgan fingerprint density at radius 2 is 1.63 bits per heavy atom. The van der Waals surface area contributed by atoms with Gasteiger partial charge in [-0.1, -0.05) is 32.8 Å². The van der Waals surface area contributed by atoms with E-state index in [0.29, 0.717) is 6.42 Å². The minimum Gasteiger partial charge on any atom is -0.493 e. The molecule has 0 aromatic heterocycles. The molecule has 1 heterocycles. The van der Waals surface area contributed by atoms with Gasteiger partial charge in [-0.3, -0.25) is 9.80 Å². The Morgan fingerprint density at radius 3 is 2.30 bits per heavy atom. The van der Waals surface area contributed by atoms with E-state index in [1.807, 2.05) is 0 Å². The molecule has 0 saturated carbocycles. The Kier molecular flexibility index (Phi) is 10.0. The third kappa shape index (κ3) is 7.78. The molecule has 150 valence electrons. The first-order valence-electron chi connectivity index (χ1n) is 10.5. The molecule has 0 radical (unpaired) electrons. The molecule has 0 N–H and O–H groups in total.